The second-order valence-electron chi connectivity index (χ2n) is 5.50. The van der Waals surface area contributed by atoms with Crippen molar-refractivity contribution in [2.24, 2.45) is 11.8 Å². The van der Waals surface area contributed by atoms with Gasteiger partial charge in [0.1, 0.15) is 0 Å². The first-order valence-electron chi connectivity index (χ1n) is 5.57. The molecule has 1 nitrogen and oxygen atoms in total. The fourth-order valence-electron chi connectivity index (χ4n) is 2.47. The van der Waals surface area contributed by atoms with Crippen molar-refractivity contribution in [3.05, 3.63) is 6.42 Å². The standard InChI is InChI=1S/C12H21O/c1-12(2,3)13-11-6-4-5-10(11)9-7-8-9/h7,9-11H,4-6,8H2,1-3H3. The van der Waals surface area contributed by atoms with Gasteiger partial charge in [-0.1, -0.05) is 6.42 Å². The summed E-state index contributed by atoms with van der Waals surface area (Å²) in [6, 6.07) is 0. The third kappa shape index (κ3) is 2.46. The molecule has 2 aliphatic rings. The van der Waals surface area contributed by atoms with E-state index in [0.717, 1.165) is 11.8 Å². The summed E-state index contributed by atoms with van der Waals surface area (Å²) in [4.78, 5) is 0. The summed E-state index contributed by atoms with van der Waals surface area (Å²) >= 11 is 0. The maximum absolute atomic E-state index is 6.09. The van der Waals surface area contributed by atoms with Crippen LogP contribution in [0.3, 0.4) is 0 Å². The molecule has 1 radical (unpaired) electrons. The quantitative estimate of drug-likeness (QED) is 0.635. The molecule has 2 fully saturated rings. The molecule has 0 aliphatic heterocycles. The van der Waals surface area contributed by atoms with Crippen LogP contribution in [0.1, 0.15) is 46.5 Å². The Kier molecular flexibility index (Phi) is 2.39. The maximum atomic E-state index is 6.09. The van der Waals surface area contributed by atoms with Gasteiger partial charge in [-0.05, 0) is 58.3 Å². The van der Waals surface area contributed by atoms with E-state index in [4.69, 9.17) is 4.74 Å². The average molecular weight is 181 g/mol. The van der Waals surface area contributed by atoms with Crippen molar-refractivity contribution in [1.82, 2.24) is 0 Å². The Morgan fingerprint density at radius 1 is 1.23 bits per heavy atom. The van der Waals surface area contributed by atoms with Crippen LogP contribution in [0, 0.1) is 18.3 Å². The normalized spacial score (nSPS) is 35.3. The van der Waals surface area contributed by atoms with E-state index >= 15 is 0 Å². The highest BCUT2D eigenvalue weighted by Crippen LogP contribution is 2.46. The first kappa shape index (κ1) is 9.51. The smallest absolute Gasteiger partial charge is 0.0613 e. The molecule has 0 saturated heterocycles. The van der Waals surface area contributed by atoms with E-state index in [1.165, 1.54) is 25.7 Å². The molecule has 0 aromatic heterocycles. The van der Waals surface area contributed by atoms with Crippen LogP contribution in [-0.4, -0.2) is 11.7 Å². The van der Waals surface area contributed by atoms with Crippen LogP contribution >= 0.6 is 0 Å². The largest absolute Gasteiger partial charge is 0.372 e. The second kappa shape index (κ2) is 3.27. The zero-order valence-corrected chi connectivity index (χ0v) is 9.05. The third-order valence-corrected chi connectivity index (χ3v) is 3.07. The fraction of sp³-hybridized carbons (Fsp3) is 0.917. The van der Waals surface area contributed by atoms with Crippen molar-refractivity contribution >= 4 is 0 Å². The highest BCUT2D eigenvalue weighted by Gasteiger charge is 2.41. The minimum absolute atomic E-state index is 0.0438. The van der Waals surface area contributed by atoms with Gasteiger partial charge >= 0.3 is 0 Å². The molecule has 2 aliphatic carbocycles. The Morgan fingerprint density at radius 3 is 2.46 bits per heavy atom. The zero-order chi connectivity index (χ0) is 9.47. The predicted octanol–water partition coefficient (Wildman–Crippen LogP) is 3.19. The lowest BCUT2D eigenvalue weighted by atomic mass is 9.99. The van der Waals surface area contributed by atoms with Crippen molar-refractivity contribution in [3.63, 3.8) is 0 Å². The lowest BCUT2D eigenvalue weighted by molar-refractivity contribution is -0.0778. The van der Waals surface area contributed by atoms with Crippen molar-refractivity contribution in [2.45, 2.75) is 58.2 Å². The molecule has 0 spiro atoms. The topological polar surface area (TPSA) is 9.23 Å². The number of hydrogen-bond acceptors (Lipinski definition) is 1. The van der Waals surface area contributed by atoms with Crippen molar-refractivity contribution in [3.8, 4) is 0 Å². The van der Waals surface area contributed by atoms with Gasteiger partial charge in [-0.3, -0.25) is 0 Å². The van der Waals surface area contributed by atoms with E-state index < -0.39 is 0 Å². The molecule has 3 unspecified atom stereocenters. The van der Waals surface area contributed by atoms with Crippen LogP contribution in [0.2, 0.25) is 0 Å². The van der Waals surface area contributed by atoms with Gasteiger partial charge < -0.3 is 4.74 Å². The van der Waals surface area contributed by atoms with Gasteiger partial charge in [0.2, 0.25) is 0 Å². The van der Waals surface area contributed by atoms with E-state index in [1.54, 1.807) is 0 Å². The number of rotatable bonds is 2. The molecule has 0 amide bonds. The van der Waals surface area contributed by atoms with Gasteiger partial charge in [0.05, 0.1) is 11.7 Å². The Morgan fingerprint density at radius 2 is 1.92 bits per heavy atom. The molecule has 0 N–H and O–H groups in total. The van der Waals surface area contributed by atoms with Crippen molar-refractivity contribution < 1.29 is 4.74 Å². The Balaban J connectivity index is 1.89. The zero-order valence-electron chi connectivity index (χ0n) is 9.05. The molecule has 0 aromatic carbocycles. The first-order chi connectivity index (χ1) is 6.06. The molecule has 3 atom stereocenters. The lowest BCUT2D eigenvalue weighted by Gasteiger charge is -2.28. The lowest BCUT2D eigenvalue weighted by Crippen LogP contribution is -2.30. The SMILES string of the molecule is CC(C)(C)OC1CCCC1C1[CH]C1. The summed E-state index contributed by atoms with van der Waals surface area (Å²) in [7, 11) is 0. The third-order valence-electron chi connectivity index (χ3n) is 3.07. The van der Waals surface area contributed by atoms with E-state index in [0.29, 0.717) is 6.10 Å². The van der Waals surface area contributed by atoms with Crippen LogP contribution < -0.4 is 0 Å². The monoisotopic (exact) mass is 181 g/mol. The van der Waals surface area contributed by atoms with Crippen LogP contribution in [0.4, 0.5) is 0 Å². The Labute approximate surface area is 81.9 Å². The number of ether oxygens (including phenoxy) is 1. The average Bonchev–Trinajstić information content (AvgIpc) is 2.72. The van der Waals surface area contributed by atoms with Crippen LogP contribution in [0.25, 0.3) is 0 Å². The minimum atomic E-state index is 0.0438. The highest BCUT2D eigenvalue weighted by atomic mass is 16.5. The molecule has 0 bridgehead atoms. The summed E-state index contributed by atoms with van der Waals surface area (Å²) in [6.45, 7) is 6.50. The van der Waals surface area contributed by atoms with Gasteiger partial charge in [0.25, 0.3) is 0 Å². The number of hydrogen-bond donors (Lipinski definition) is 0. The summed E-state index contributed by atoms with van der Waals surface area (Å²) in [5.41, 5.74) is 0.0438. The van der Waals surface area contributed by atoms with Crippen LogP contribution in [0.5, 0.6) is 0 Å². The summed E-state index contributed by atoms with van der Waals surface area (Å²) in [5.74, 6) is 1.74. The van der Waals surface area contributed by atoms with E-state index in [-0.39, 0.29) is 5.60 Å². The first-order valence-corrected chi connectivity index (χ1v) is 5.57. The predicted molar refractivity (Wildman–Crippen MR) is 54.4 cm³/mol. The maximum Gasteiger partial charge on any atom is 0.0613 e. The van der Waals surface area contributed by atoms with Gasteiger partial charge in [-0.15, -0.1) is 0 Å². The van der Waals surface area contributed by atoms with Gasteiger partial charge in [-0.2, -0.15) is 0 Å². The highest BCUT2D eigenvalue weighted by molar-refractivity contribution is 5.03. The minimum Gasteiger partial charge on any atom is -0.372 e. The molecule has 2 rings (SSSR count). The van der Waals surface area contributed by atoms with Crippen LogP contribution in [-0.2, 0) is 4.74 Å². The molecule has 75 valence electrons. The van der Waals surface area contributed by atoms with Crippen molar-refractivity contribution in [1.29, 1.82) is 0 Å². The summed E-state index contributed by atoms with van der Waals surface area (Å²) in [6.07, 6.45) is 8.37. The molecular weight excluding hydrogens is 160 g/mol. The summed E-state index contributed by atoms with van der Waals surface area (Å²) < 4.78 is 6.09. The molecule has 1 heteroatoms. The van der Waals surface area contributed by atoms with E-state index in [9.17, 15) is 0 Å². The summed E-state index contributed by atoms with van der Waals surface area (Å²) in [5, 5.41) is 0. The molecular formula is C12H21O. The molecule has 0 aromatic rings. The molecule has 2 saturated carbocycles. The Hall–Kier alpha value is -0.0400. The molecule has 0 heterocycles. The van der Waals surface area contributed by atoms with Gasteiger partial charge in [0.15, 0.2) is 0 Å². The van der Waals surface area contributed by atoms with Crippen LogP contribution in [0.15, 0.2) is 0 Å². The fourth-order valence-corrected chi connectivity index (χ4v) is 2.47. The van der Waals surface area contributed by atoms with Gasteiger partial charge in [-0.25, -0.2) is 0 Å². The van der Waals surface area contributed by atoms with Gasteiger partial charge in [0, 0.05) is 0 Å². The molecule has 13 heavy (non-hydrogen) atoms. The second-order valence-corrected chi connectivity index (χ2v) is 5.50. The van der Waals surface area contributed by atoms with Crippen molar-refractivity contribution in [2.75, 3.05) is 0 Å². The van der Waals surface area contributed by atoms with E-state index in [2.05, 4.69) is 27.2 Å². The van der Waals surface area contributed by atoms with E-state index in [1.807, 2.05) is 0 Å². The Bertz CT molecular complexity index is 176.